The number of carbonyl (C=O) groups excluding carboxylic acids is 1. The summed E-state index contributed by atoms with van der Waals surface area (Å²) in [5.74, 6) is -0.165. The molecule has 0 heterocycles. The van der Waals surface area contributed by atoms with Crippen molar-refractivity contribution in [1.29, 1.82) is 5.26 Å². The topological polar surface area (TPSA) is 85.2 Å². The molecule has 1 atom stereocenters. The molecule has 2 rings (SSSR count). The van der Waals surface area contributed by atoms with Crippen LogP contribution < -0.4 is 10.6 Å². The van der Waals surface area contributed by atoms with Crippen molar-refractivity contribution in [2.75, 3.05) is 13.2 Å². The number of aliphatic hydroxyl groups excluding tert-OH is 1. The van der Waals surface area contributed by atoms with E-state index in [4.69, 9.17) is 0 Å². The number of benzene rings is 1. The summed E-state index contributed by atoms with van der Waals surface area (Å²) in [7, 11) is 0. The number of hydrogen-bond donors (Lipinski definition) is 3. The first-order chi connectivity index (χ1) is 10.7. The normalized spacial score (nSPS) is 17.6. The summed E-state index contributed by atoms with van der Waals surface area (Å²) in [5, 5.41) is 24.5. The van der Waals surface area contributed by atoms with E-state index in [1.165, 1.54) is 0 Å². The number of nitrogens with one attached hydrogen (secondary N) is 2. The molecule has 1 saturated carbocycles. The molecule has 1 aliphatic carbocycles. The minimum Gasteiger partial charge on any atom is -0.396 e. The Balaban J connectivity index is 1.89. The quantitative estimate of drug-likeness (QED) is 0.715. The third kappa shape index (κ3) is 4.30. The molecule has 0 saturated heterocycles. The highest BCUT2D eigenvalue weighted by Gasteiger charge is 2.35. The molecule has 1 unspecified atom stereocenters. The molecule has 1 amide bonds. The Kier molecular flexibility index (Phi) is 5.93. The highest BCUT2D eigenvalue weighted by molar-refractivity contribution is 5.79. The smallest absolute Gasteiger partial charge is 0.235 e. The third-order valence-corrected chi connectivity index (χ3v) is 4.18. The molecule has 1 aliphatic rings. The second kappa shape index (κ2) is 7.92. The lowest BCUT2D eigenvalue weighted by molar-refractivity contribution is -0.121. The van der Waals surface area contributed by atoms with Crippen LogP contribution in [0.15, 0.2) is 30.3 Å². The number of rotatable bonds is 7. The van der Waals surface area contributed by atoms with E-state index in [1.807, 2.05) is 30.3 Å². The first-order valence-electron chi connectivity index (χ1n) is 7.80. The summed E-state index contributed by atoms with van der Waals surface area (Å²) in [6, 6.07) is 11.9. The monoisotopic (exact) mass is 301 g/mol. The summed E-state index contributed by atoms with van der Waals surface area (Å²) in [6.45, 7) is 0.194. The zero-order valence-electron chi connectivity index (χ0n) is 12.7. The van der Waals surface area contributed by atoms with Gasteiger partial charge in [-0.15, -0.1) is 0 Å². The van der Waals surface area contributed by atoms with E-state index in [1.54, 1.807) is 0 Å². The van der Waals surface area contributed by atoms with Gasteiger partial charge in [-0.25, -0.2) is 0 Å². The molecule has 118 valence electrons. The highest BCUT2D eigenvalue weighted by Crippen LogP contribution is 2.28. The fourth-order valence-electron chi connectivity index (χ4n) is 2.97. The number of nitriles is 1. The second-order valence-corrected chi connectivity index (χ2v) is 5.81. The van der Waals surface area contributed by atoms with Gasteiger partial charge in [-0.1, -0.05) is 30.3 Å². The van der Waals surface area contributed by atoms with Crippen LogP contribution in [-0.2, 0) is 4.79 Å². The van der Waals surface area contributed by atoms with Crippen molar-refractivity contribution < 1.29 is 9.90 Å². The zero-order valence-corrected chi connectivity index (χ0v) is 12.7. The molecule has 1 aromatic carbocycles. The van der Waals surface area contributed by atoms with E-state index < -0.39 is 5.54 Å². The van der Waals surface area contributed by atoms with Crippen LogP contribution in [0.5, 0.6) is 0 Å². The third-order valence-electron chi connectivity index (χ3n) is 4.18. The molecule has 5 nitrogen and oxygen atoms in total. The van der Waals surface area contributed by atoms with Gasteiger partial charge in [0, 0.05) is 12.6 Å². The lowest BCUT2D eigenvalue weighted by Crippen LogP contribution is -2.48. The Morgan fingerprint density at radius 1 is 1.32 bits per heavy atom. The SMILES string of the molecule is N#CC1(NC(=O)CNC(CCO)c2ccccc2)CCCC1. The number of hydrogen-bond acceptors (Lipinski definition) is 4. The van der Waals surface area contributed by atoms with E-state index in [0.29, 0.717) is 6.42 Å². The summed E-state index contributed by atoms with van der Waals surface area (Å²) in [5.41, 5.74) is 0.359. The van der Waals surface area contributed by atoms with Gasteiger partial charge in [0.25, 0.3) is 0 Å². The lowest BCUT2D eigenvalue weighted by Gasteiger charge is -2.23. The Hall–Kier alpha value is -1.90. The fraction of sp³-hybridized carbons (Fsp3) is 0.529. The average molecular weight is 301 g/mol. The van der Waals surface area contributed by atoms with Crippen LogP contribution in [-0.4, -0.2) is 29.7 Å². The molecule has 1 aromatic rings. The first-order valence-corrected chi connectivity index (χ1v) is 7.80. The van der Waals surface area contributed by atoms with Gasteiger partial charge in [-0.05, 0) is 37.7 Å². The van der Waals surface area contributed by atoms with Gasteiger partial charge in [-0.2, -0.15) is 5.26 Å². The first kappa shape index (κ1) is 16.5. The predicted molar refractivity (Wildman–Crippen MR) is 83.8 cm³/mol. The molecule has 0 radical (unpaired) electrons. The van der Waals surface area contributed by atoms with Crippen molar-refractivity contribution >= 4 is 5.91 Å². The molecule has 3 N–H and O–H groups in total. The number of aliphatic hydroxyl groups is 1. The van der Waals surface area contributed by atoms with Gasteiger partial charge in [-0.3, -0.25) is 4.79 Å². The van der Waals surface area contributed by atoms with Crippen LogP contribution in [0.3, 0.4) is 0 Å². The molecule has 1 fully saturated rings. The van der Waals surface area contributed by atoms with E-state index in [9.17, 15) is 15.2 Å². The van der Waals surface area contributed by atoms with E-state index in [2.05, 4.69) is 16.7 Å². The van der Waals surface area contributed by atoms with Gasteiger partial charge >= 0.3 is 0 Å². The minimum atomic E-state index is -0.683. The number of amides is 1. The van der Waals surface area contributed by atoms with Gasteiger partial charge in [0.15, 0.2) is 0 Å². The lowest BCUT2D eigenvalue weighted by atomic mass is 10.00. The summed E-state index contributed by atoms with van der Waals surface area (Å²) in [4.78, 5) is 12.1. The molecule has 0 aromatic heterocycles. The molecular weight excluding hydrogens is 278 g/mol. The minimum absolute atomic E-state index is 0.0519. The van der Waals surface area contributed by atoms with Gasteiger partial charge in [0.2, 0.25) is 5.91 Å². The van der Waals surface area contributed by atoms with Crippen LogP contribution in [0.2, 0.25) is 0 Å². The Labute approximate surface area is 131 Å². The fourth-order valence-corrected chi connectivity index (χ4v) is 2.97. The molecule has 22 heavy (non-hydrogen) atoms. The molecular formula is C17H23N3O2. The Morgan fingerprint density at radius 2 is 2.00 bits per heavy atom. The predicted octanol–water partition coefficient (Wildman–Crippen LogP) is 1.65. The summed E-state index contributed by atoms with van der Waals surface area (Å²) in [6.07, 6.45) is 3.97. The van der Waals surface area contributed by atoms with Crippen molar-refractivity contribution in [3.05, 3.63) is 35.9 Å². The Morgan fingerprint density at radius 3 is 2.59 bits per heavy atom. The maximum atomic E-state index is 12.1. The molecule has 0 spiro atoms. The highest BCUT2D eigenvalue weighted by atomic mass is 16.3. The van der Waals surface area contributed by atoms with E-state index >= 15 is 0 Å². The summed E-state index contributed by atoms with van der Waals surface area (Å²) < 4.78 is 0. The molecule has 0 aliphatic heterocycles. The maximum absolute atomic E-state index is 12.1. The Bertz CT molecular complexity index is 518. The summed E-state index contributed by atoms with van der Waals surface area (Å²) >= 11 is 0. The van der Waals surface area contributed by atoms with Crippen LogP contribution in [0.4, 0.5) is 0 Å². The second-order valence-electron chi connectivity index (χ2n) is 5.81. The van der Waals surface area contributed by atoms with Crippen LogP contribution in [0.1, 0.15) is 43.7 Å². The van der Waals surface area contributed by atoms with Gasteiger partial charge < -0.3 is 15.7 Å². The number of carbonyl (C=O) groups is 1. The van der Waals surface area contributed by atoms with Crippen molar-refractivity contribution in [2.45, 2.75) is 43.7 Å². The van der Waals surface area contributed by atoms with Gasteiger partial charge in [0.05, 0.1) is 12.6 Å². The van der Waals surface area contributed by atoms with Crippen LogP contribution >= 0.6 is 0 Å². The molecule has 5 heteroatoms. The van der Waals surface area contributed by atoms with Gasteiger partial charge in [0.1, 0.15) is 5.54 Å². The number of nitrogens with zero attached hydrogens (tertiary/aromatic N) is 1. The standard InChI is InChI=1S/C17H23N3O2/c18-13-17(9-4-5-10-17)20-16(22)12-19-15(8-11-21)14-6-2-1-3-7-14/h1-3,6-7,15,19,21H,4-5,8-12H2,(H,20,22). The average Bonchev–Trinajstić information content (AvgIpc) is 3.01. The van der Waals surface area contributed by atoms with Crippen molar-refractivity contribution in [1.82, 2.24) is 10.6 Å². The van der Waals surface area contributed by atoms with Crippen LogP contribution in [0.25, 0.3) is 0 Å². The molecule has 0 bridgehead atoms. The van der Waals surface area contributed by atoms with Crippen LogP contribution in [0, 0.1) is 11.3 Å². The van der Waals surface area contributed by atoms with E-state index in [0.717, 1.165) is 31.2 Å². The maximum Gasteiger partial charge on any atom is 0.235 e. The zero-order chi connectivity index (χ0) is 15.8. The largest absolute Gasteiger partial charge is 0.396 e. The van der Waals surface area contributed by atoms with Crippen molar-refractivity contribution in [3.8, 4) is 6.07 Å². The van der Waals surface area contributed by atoms with Crippen molar-refractivity contribution in [2.24, 2.45) is 0 Å². The van der Waals surface area contributed by atoms with E-state index in [-0.39, 0.29) is 25.1 Å². The van der Waals surface area contributed by atoms with Crippen molar-refractivity contribution in [3.63, 3.8) is 0 Å².